The summed E-state index contributed by atoms with van der Waals surface area (Å²) in [6.45, 7) is 7.74. The number of carboxylic acid groups (broad SMARTS) is 1. The molecule has 1 aliphatic heterocycles. The topological polar surface area (TPSA) is 43.5 Å². The van der Waals surface area contributed by atoms with Crippen LogP contribution in [0.2, 0.25) is 0 Å². The molecule has 0 aromatic rings. The van der Waals surface area contributed by atoms with Gasteiger partial charge in [-0.25, -0.2) is 4.79 Å². The first kappa shape index (κ1) is 13.0. The van der Waals surface area contributed by atoms with Gasteiger partial charge in [0.15, 0.2) is 0 Å². The lowest BCUT2D eigenvalue weighted by molar-refractivity contribution is -0.518. The van der Waals surface area contributed by atoms with E-state index in [9.17, 15) is 9.90 Å². The van der Waals surface area contributed by atoms with Gasteiger partial charge in [0.1, 0.15) is 13.1 Å². The zero-order valence-electron chi connectivity index (χ0n) is 10.4. The van der Waals surface area contributed by atoms with Crippen LogP contribution in [0.1, 0.15) is 39.5 Å². The van der Waals surface area contributed by atoms with Crippen molar-refractivity contribution in [3.63, 3.8) is 0 Å². The third-order valence-corrected chi connectivity index (χ3v) is 2.99. The maximum atomic E-state index is 11.2. The van der Waals surface area contributed by atoms with Gasteiger partial charge in [0.05, 0.1) is 13.1 Å². The minimum atomic E-state index is -0.773. The summed E-state index contributed by atoms with van der Waals surface area (Å²) in [5.41, 5.74) is 0. The second-order valence-electron chi connectivity index (χ2n) is 4.31. The van der Waals surface area contributed by atoms with Crippen molar-refractivity contribution < 1.29 is 14.5 Å². The van der Waals surface area contributed by atoms with Gasteiger partial charge < -0.3 is 5.11 Å². The van der Waals surface area contributed by atoms with Crippen LogP contribution in [0.15, 0.2) is 0 Å². The van der Waals surface area contributed by atoms with E-state index >= 15 is 0 Å². The predicted molar refractivity (Wildman–Crippen MR) is 64.0 cm³/mol. The molecule has 16 heavy (non-hydrogen) atoms. The second kappa shape index (κ2) is 6.51. The third-order valence-electron chi connectivity index (χ3n) is 2.99. The van der Waals surface area contributed by atoms with Gasteiger partial charge in [0, 0.05) is 0 Å². The highest BCUT2D eigenvalue weighted by Gasteiger charge is 2.35. The van der Waals surface area contributed by atoms with Crippen molar-refractivity contribution >= 4 is 11.8 Å². The molecule has 0 aromatic heterocycles. The molecule has 0 aromatic carbocycles. The number of nitrogens with zero attached hydrogens (tertiary/aromatic N) is 2. The molecule has 0 aliphatic carbocycles. The standard InChI is InChI=1S/C12H22N2O2/c1-3-5-7-13-9-10-14(8-6-4-2)11(13)12(15)16/h3-10H2,1-2H3/p+1. The van der Waals surface area contributed by atoms with Gasteiger partial charge >= 0.3 is 11.8 Å². The zero-order valence-corrected chi connectivity index (χ0v) is 10.4. The molecule has 1 N–H and O–H groups in total. The van der Waals surface area contributed by atoms with E-state index in [2.05, 4.69) is 13.8 Å². The van der Waals surface area contributed by atoms with Crippen LogP contribution in [0.5, 0.6) is 0 Å². The molecule has 0 saturated carbocycles. The first-order valence-corrected chi connectivity index (χ1v) is 6.30. The van der Waals surface area contributed by atoms with Gasteiger partial charge in [-0.2, -0.15) is 0 Å². The van der Waals surface area contributed by atoms with E-state index in [1.165, 1.54) is 0 Å². The van der Waals surface area contributed by atoms with Crippen molar-refractivity contribution in [1.29, 1.82) is 0 Å². The largest absolute Gasteiger partial charge is 0.472 e. The van der Waals surface area contributed by atoms with Crippen LogP contribution in [0.25, 0.3) is 0 Å². The van der Waals surface area contributed by atoms with Gasteiger partial charge in [0.25, 0.3) is 0 Å². The van der Waals surface area contributed by atoms with Crippen molar-refractivity contribution in [1.82, 2.24) is 4.90 Å². The molecule has 0 fully saturated rings. The summed E-state index contributed by atoms with van der Waals surface area (Å²) in [5.74, 6) is -0.258. The first-order valence-electron chi connectivity index (χ1n) is 6.30. The van der Waals surface area contributed by atoms with Crippen LogP contribution >= 0.6 is 0 Å². The van der Waals surface area contributed by atoms with Crippen molar-refractivity contribution in [3.05, 3.63) is 0 Å². The molecular formula is C12H23N2O2+. The minimum absolute atomic E-state index is 0.516. The number of amidine groups is 1. The molecule has 0 amide bonds. The highest BCUT2D eigenvalue weighted by atomic mass is 16.4. The number of rotatable bonds is 7. The van der Waals surface area contributed by atoms with Crippen molar-refractivity contribution in [3.8, 4) is 0 Å². The SMILES string of the molecule is CCCCN1CC[N+](CCCC)=C1C(=O)O. The van der Waals surface area contributed by atoms with Gasteiger partial charge in [-0.3, -0.25) is 9.48 Å². The van der Waals surface area contributed by atoms with Crippen LogP contribution in [0, 0.1) is 0 Å². The molecule has 92 valence electrons. The normalized spacial score (nSPS) is 16.0. The number of carbonyl (C=O) groups is 1. The Bertz CT molecular complexity index is 274. The van der Waals surface area contributed by atoms with Gasteiger partial charge in [-0.15, -0.1) is 0 Å². The zero-order chi connectivity index (χ0) is 12.0. The maximum Gasteiger partial charge on any atom is 0.418 e. The molecule has 0 saturated heterocycles. The van der Waals surface area contributed by atoms with Crippen LogP contribution in [0.3, 0.4) is 0 Å². The Morgan fingerprint density at radius 3 is 2.62 bits per heavy atom. The molecule has 0 atom stereocenters. The lowest BCUT2D eigenvalue weighted by atomic mass is 10.3. The van der Waals surface area contributed by atoms with Crippen molar-refractivity contribution in [2.24, 2.45) is 0 Å². The summed E-state index contributed by atoms with van der Waals surface area (Å²) < 4.78 is 2.02. The lowest BCUT2D eigenvalue weighted by Gasteiger charge is -2.09. The summed E-state index contributed by atoms with van der Waals surface area (Å²) in [5, 5.41) is 9.23. The summed E-state index contributed by atoms with van der Waals surface area (Å²) in [7, 11) is 0. The van der Waals surface area contributed by atoms with E-state index in [0.717, 1.165) is 51.9 Å². The number of aliphatic carboxylic acids is 1. The van der Waals surface area contributed by atoms with Gasteiger partial charge in [-0.1, -0.05) is 26.7 Å². The molecule has 1 rings (SSSR count). The Balaban J connectivity index is 2.67. The van der Waals surface area contributed by atoms with E-state index in [-0.39, 0.29) is 0 Å². The first-order chi connectivity index (χ1) is 7.70. The Morgan fingerprint density at radius 2 is 2.06 bits per heavy atom. The smallest absolute Gasteiger partial charge is 0.418 e. The average Bonchev–Trinajstić information content (AvgIpc) is 2.66. The quantitative estimate of drug-likeness (QED) is 0.669. The monoisotopic (exact) mass is 227 g/mol. The van der Waals surface area contributed by atoms with E-state index in [4.69, 9.17) is 0 Å². The summed E-state index contributed by atoms with van der Waals surface area (Å²) in [6.07, 6.45) is 4.35. The molecule has 0 bridgehead atoms. The highest BCUT2D eigenvalue weighted by molar-refractivity contribution is 6.32. The summed E-state index contributed by atoms with van der Waals surface area (Å²) in [4.78, 5) is 13.2. The predicted octanol–water partition coefficient (Wildman–Crippen LogP) is 1.40. The number of hydrogen-bond acceptors (Lipinski definition) is 2. The van der Waals surface area contributed by atoms with E-state index in [0.29, 0.717) is 5.84 Å². The van der Waals surface area contributed by atoms with Gasteiger partial charge in [-0.05, 0) is 12.8 Å². The summed E-state index contributed by atoms with van der Waals surface area (Å²) >= 11 is 0. The fourth-order valence-electron chi connectivity index (χ4n) is 2.06. The van der Waals surface area contributed by atoms with Crippen molar-refractivity contribution in [2.75, 3.05) is 26.2 Å². The van der Waals surface area contributed by atoms with Crippen LogP contribution in [-0.4, -0.2) is 52.6 Å². The Labute approximate surface area is 97.6 Å². The Kier molecular flexibility index (Phi) is 5.29. The van der Waals surface area contributed by atoms with E-state index < -0.39 is 5.97 Å². The number of hydrogen-bond donors (Lipinski definition) is 1. The molecule has 0 radical (unpaired) electrons. The minimum Gasteiger partial charge on any atom is -0.472 e. The fourth-order valence-corrected chi connectivity index (χ4v) is 2.06. The van der Waals surface area contributed by atoms with E-state index in [1.54, 1.807) is 0 Å². The molecule has 4 nitrogen and oxygen atoms in total. The number of carboxylic acids is 1. The fraction of sp³-hybridized carbons (Fsp3) is 0.833. The molecule has 4 heteroatoms. The lowest BCUT2D eigenvalue weighted by Crippen LogP contribution is -2.37. The van der Waals surface area contributed by atoms with Crippen LogP contribution in [0.4, 0.5) is 0 Å². The Morgan fingerprint density at radius 1 is 1.38 bits per heavy atom. The van der Waals surface area contributed by atoms with Gasteiger partial charge in [0.2, 0.25) is 0 Å². The van der Waals surface area contributed by atoms with Crippen molar-refractivity contribution in [2.45, 2.75) is 39.5 Å². The maximum absolute atomic E-state index is 11.2. The molecular weight excluding hydrogens is 204 g/mol. The summed E-state index contributed by atoms with van der Waals surface area (Å²) in [6, 6.07) is 0. The Hall–Kier alpha value is -1.06. The third kappa shape index (κ3) is 3.22. The molecule has 0 spiro atoms. The second-order valence-corrected chi connectivity index (χ2v) is 4.31. The average molecular weight is 227 g/mol. The molecule has 1 heterocycles. The molecule has 1 aliphatic rings. The van der Waals surface area contributed by atoms with Crippen LogP contribution < -0.4 is 0 Å². The number of unbranched alkanes of at least 4 members (excludes halogenated alkanes) is 2. The van der Waals surface area contributed by atoms with Crippen LogP contribution in [-0.2, 0) is 4.79 Å². The molecule has 0 unspecified atom stereocenters. The highest BCUT2D eigenvalue weighted by Crippen LogP contribution is 2.06. The van der Waals surface area contributed by atoms with E-state index in [1.807, 2.05) is 9.48 Å².